The summed E-state index contributed by atoms with van der Waals surface area (Å²) in [7, 11) is 0. The minimum atomic E-state index is -0.124. The van der Waals surface area contributed by atoms with E-state index in [2.05, 4.69) is 15.3 Å². The lowest BCUT2D eigenvalue weighted by Crippen LogP contribution is -2.24. The molecule has 0 saturated carbocycles. The number of carbonyl (C=O) groups excluding carboxylic acids is 1. The van der Waals surface area contributed by atoms with Crippen molar-refractivity contribution in [2.75, 3.05) is 0 Å². The van der Waals surface area contributed by atoms with Gasteiger partial charge in [-0.3, -0.25) is 14.8 Å². The second-order valence-electron chi connectivity index (χ2n) is 4.12. The predicted molar refractivity (Wildman–Crippen MR) is 74.1 cm³/mol. The number of hydrogen-bond donors (Lipinski definition) is 1. The molecule has 96 valence electrons. The number of carbonyl (C=O) groups is 1. The molecule has 19 heavy (non-hydrogen) atoms. The molecule has 0 aliphatic heterocycles. The van der Waals surface area contributed by atoms with Gasteiger partial charge in [0.1, 0.15) is 0 Å². The molecule has 0 saturated heterocycles. The van der Waals surface area contributed by atoms with E-state index in [0.29, 0.717) is 0 Å². The highest BCUT2D eigenvalue weighted by Gasteiger charge is 2.06. The standard InChI is InChI=1S/C15H15N3O/c1-12(14-6-10-17-11-7-14)18-15(19)3-2-13-4-8-16-9-5-13/h2-12H,1H3,(H,18,19). The lowest BCUT2D eigenvalue weighted by Gasteiger charge is -2.12. The molecule has 4 nitrogen and oxygen atoms in total. The van der Waals surface area contributed by atoms with Crippen LogP contribution in [0.15, 0.2) is 55.1 Å². The van der Waals surface area contributed by atoms with Gasteiger partial charge in [-0.25, -0.2) is 0 Å². The summed E-state index contributed by atoms with van der Waals surface area (Å²) in [5.41, 5.74) is 1.97. The average Bonchev–Trinajstić information content (AvgIpc) is 2.47. The zero-order valence-electron chi connectivity index (χ0n) is 10.7. The van der Waals surface area contributed by atoms with Crippen LogP contribution in [0, 0.1) is 0 Å². The van der Waals surface area contributed by atoms with Crippen LogP contribution >= 0.6 is 0 Å². The summed E-state index contributed by atoms with van der Waals surface area (Å²) in [4.78, 5) is 19.6. The van der Waals surface area contributed by atoms with Gasteiger partial charge in [-0.1, -0.05) is 0 Å². The van der Waals surface area contributed by atoms with E-state index in [4.69, 9.17) is 0 Å². The Morgan fingerprint density at radius 1 is 1.11 bits per heavy atom. The van der Waals surface area contributed by atoms with Crippen molar-refractivity contribution < 1.29 is 4.79 Å². The van der Waals surface area contributed by atoms with Crippen molar-refractivity contribution in [3.8, 4) is 0 Å². The molecule has 1 atom stereocenters. The number of aromatic nitrogens is 2. The molecule has 2 aromatic rings. The van der Waals surface area contributed by atoms with Crippen molar-refractivity contribution in [1.29, 1.82) is 0 Å². The maximum atomic E-state index is 11.8. The van der Waals surface area contributed by atoms with Gasteiger partial charge in [-0.15, -0.1) is 0 Å². The van der Waals surface area contributed by atoms with E-state index < -0.39 is 0 Å². The van der Waals surface area contributed by atoms with Gasteiger partial charge in [0.15, 0.2) is 0 Å². The van der Waals surface area contributed by atoms with E-state index in [-0.39, 0.29) is 11.9 Å². The molecular weight excluding hydrogens is 238 g/mol. The molecule has 1 unspecified atom stereocenters. The maximum absolute atomic E-state index is 11.8. The molecule has 0 bridgehead atoms. The highest BCUT2D eigenvalue weighted by Crippen LogP contribution is 2.10. The highest BCUT2D eigenvalue weighted by atomic mass is 16.1. The zero-order valence-corrected chi connectivity index (χ0v) is 10.7. The van der Waals surface area contributed by atoms with Crippen LogP contribution in [0.1, 0.15) is 24.1 Å². The lowest BCUT2D eigenvalue weighted by atomic mass is 10.1. The third kappa shape index (κ3) is 4.03. The van der Waals surface area contributed by atoms with Crippen molar-refractivity contribution >= 4 is 12.0 Å². The van der Waals surface area contributed by atoms with Crippen LogP contribution in [0.3, 0.4) is 0 Å². The fraction of sp³-hybridized carbons (Fsp3) is 0.133. The van der Waals surface area contributed by atoms with Gasteiger partial charge in [0.2, 0.25) is 5.91 Å². The third-order valence-electron chi connectivity index (χ3n) is 2.70. The summed E-state index contributed by atoms with van der Waals surface area (Å²) in [6.45, 7) is 1.94. The zero-order chi connectivity index (χ0) is 13.5. The first-order valence-electron chi connectivity index (χ1n) is 6.04. The molecule has 2 aromatic heterocycles. The lowest BCUT2D eigenvalue weighted by molar-refractivity contribution is -0.117. The van der Waals surface area contributed by atoms with Gasteiger partial charge < -0.3 is 5.32 Å². The normalized spacial score (nSPS) is 12.3. The van der Waals surface area contributed by atoms with Gasteiger partial charge in [0, 0.05) is 30.9 Å². The maximum Gasteiger partial charge on any atom is 0.244 e. The number of nitrogens with zero attached hydrogens (tertiary/aromatic N) is 2. The summed E-state index contributed by atoms with van der Waals surface area (Å²) < 4.78 is 0. The second-order valence-corrected chi connectivity index (χ2v) is 4.12. The Hall–Kier alpha value is -2.49. The highest BCUT2D eigenvalue weighted by molar-refractivity contribution is 5.91. The van der Waals surface area contributed by atoms with Crippen LogP contribution in [-0.2, 0) is 4.79 Å². The Kier molecular flexibility index (Phi) is 4.39. The summed E-state index contributed by atoms with van der Waals surface area (Å²) in [5.74, 6) is -0.124. The van der Waals surface area contributed by atoms with Crippen LogP contribution < -0.4 is 5.32 Å². The fourth-order valence-corrected chi connectivity index (χ4v) is 1.64. The summed E-state index contributed by atoms with van der Waals surface area (Å²) in [5, 5.41) is 2.90. The molecule has 4 heteroatoms. The van der Waals surface area contributed by atoms with Crippen molar-refractivity contribution in [3.05, 3.63) is 66.3 Å². The van der Waals surface area contributed by atoms with E-state index in [1.54, 1.807) is 30.9 Å². The van der Waals surface area contributed by atoms with Crippen molar-refractivity contribution in [1.82, 2.24) is 15.3 Å². The second kappa shape index (κ2) is 6.44. The van der Waals surface area contributed by atoms with Gasteiger partial charge in [0.25, 0.3) is 0 Å². The van der Waals surface area contributed by atoms with Crippen LogP contribution in [-0.4, -0.2) is 15.9 Å². The summed E-state index contributed by atoms with van der Waals surface area (Å²) in [6.07, 6.45) is 10.1. The van der Waals surface area contributed by atoms with Gasteiger partial charge >= 0.3 is 0 Å². The third-order valence-corrected chi connectivity index (χ3v) is 2.70. The number of nitrogens with one attached hydrogen (secondary N) is 1. The Bertz CT molecular complexity index is 552. The van der Waals surface area contributed by atoms with E-state index in [1.165, 1.54) is 6.08 Å². The van der Waals surface area contributed by atoms with Gasteiger partial charge in [-0.2, -0.15) is 0 Å². The van der Waals surface area contributed by atoms with Gasteiger partial charge in [0.05, 0.1) is 6.04 Å². The number of rotatable bonds is 4. The first kappa shape index (κ1) is 13.0. The molecular formula is C15H15N3O. The molecule has 0 aliphatic carbocycles. The van der Waals surface area contributed by atoms with E-state index in [1.807, 2.05) is 31.2 Å². The monoisotopic (exact) mass is 253 g/mol. The van der Waals surface area contributed by atoms with Crippen LogP contribution in [0.25, 0.3) is 6.08 Å². The topological polar surface area (TPSA) is 54.9 Å². The molecule has 2 heterocycles. The Labute approximate surface area is 112 Å². The molecule has 0 aromatic carbocycles. The Balaban J connectivity index is 1.93. The van der Waals surface area contributed by atoms with Crippen molar-refractivity contribution in [2.24, 2.45) is 0 Å². The van der Waals surface area contributed by atoms with Crippen molar-refractivity contribution in [2.45, 2.75) is 13.0 Å². The molecule has 1 amide bonds. The molecule has 0 aliphatic rings. The average molecular weight is 253 g/mol. The summed E-state index contributed by atoms with van der Waals surface area (Å²) >= 11 is 0. The molecule has 0 spiro atoms. The smallest absolute Gasteiger partial charge is 0.244 e. The van der Waals surface area contributed by atoms with Crippen LogP contribution in [0.2, 0.25) is 0 Å². The predicted octanol–water partition coefficient (Wildman–Crippen LogP) is 2.37. The van der Waals surface area contributed by atoms with Crippen LogP contribution in [0.5, 0.6) is 0 Å². The largest absolute Gasteiger partial charge is 0.346 e. The SMILES string of the molecule is CC(NC(=O)C=Cc1ccncc1)c1ccncc1. The molecule has 0 fully saturated rings. The van der Waals surface area contributed by atoms with E-state index >= 15 is 0 Å². The first-order chi connectivity index (χ1) is 9.25. The number of hydrogen-bond acceptors (Lipinski definition) is 3. The Morgan fingerprint density at radius 2 is 1.68 bits per heavy atom. The Morgan fingerprint density at radius 3 is 2.32 bits per heavy atom. The van der Waals surface area contributed by atoms with Crippen molar-refractivity contribution in [3.63, 3.8) is 0 Å². The summed E-state index contributed by atoms with van der Waals surface area (Å²) in [6, 6.07) is 7.42. The first-order valence-corrected chi connectivity index (χ1v) is 6.04. The molecule has 2 rings (SSSR count). The van der Waals surface area contributed by atoms with Crippen LogP contribution in [0.4, 0.5) is 0 Å². The molecule has 0 radical (unpaired) electrons. The minimum Gasteiger partial charge on any atom is -0.346 e. The van der Waals surface area contributed by atoms with E-state index in [9.17, 15) is 4.79 Å². The fourth-order valence-electron chi connectivity index (χ4n) is 1.64. The quantitative estimate of drug-likeness (QED) is 0.851. The number of pyridine rings is 2. The minimum absolute atomic E-state index is 0.0439. The van der Waals surface area contributed by atoms with Gasteiger partial charge in [-0.05, 0) is 48.4 Å². The molecule has 1 N–H and O–H groups in total. The number of amides is 1. The van der Waals surface area contributed by atoms with E-state index in [0.717, 1.165) is 11.1 Å².